The van der Waals surface area contributed by atoms with E-state index in [9.17, 15) is 0 Å². The molecular weight excluding hydrogens is 224 g/mol. The lowest BCUT2D eigenvalue weighted by molar-refractivity contribution is 0.191. The molecule has 18 heavy (non-hydrogen) atoms. The van der Waals surface area contributed by atoms with Gasteiger partial charge in [0.05, 0.1) is 6.61 Å². The highest BCUT2D eigenvalue weighted by Gasteiger charge is 2.08. The summed E-state index contributed by atoms with van der Waals surface area (Å²) in [6.45, 7) is 8.06. The van der Waals surface area contributed by atoms with Gasteiger partial charge in [-0.2, -0.15) is 0 Å². The molecule has 0 saturated carbocycles. The Kier molecular flexibility index (Phi) is 6.94. The molecule has 0 bridgehead atoms. The van der Waals surface area contributed by atoms with Crippen molar-refractivity contribution < 1.29 is 4.74 Å². The summed E-state index contributed by atoms with van der Waals surface area (Å²) in [5.74, 6) is 0. The summed E-state index contributed by atoms with van der Waals surface area (Å²) in [6, 6.07) is 9.22. The zero-order valence-corrected chi connectivity index (χ0v) is 12.1. The smallest absolute Gasteiger partial charge is 0.0587 e. The molecule has 0 spiro atoms. The minimum Gasteiger partial charge on any atom is -0.383 e. The first kappa shape index (κ1) is 15.2. The van der Waals surface area contributed by atoms with Crippen molar-refractivity contribution in [2.75, 3.05) is 33.9 Å². The quantitative estimate of drug-likeness (QED) is 0.715. The average Bonchev–Trinajstić information content (AvgIpc) is 2.34. The van der Waals surface area contributed by atoms with E-state index in [1.165, 1.54) is 11.1 Å². The summed E-state index contributed by atoms with van der Waals surface area (Å²) in [4.78, 5) is 2.37. The normalized spacial score (nSPS) is 12.9. The molecule has 0 amide bonds. The maximum absolute atomic E-state index is 5.02. The van der Waals surface area contributed by atoms with E-state index >= 15 is 0 Å². The molecule has 0 aliphatic carbocycles. The maximum Gasteiger partial charge on any atom is 0.0587 e. The first-order valence-electron chi connectivity index (χ1n) is 6.59. The van der Waals surface area contributed by atoms with E-state index in [1.54, 1.807) is 7.11 Å². The van der Waals surface area contributed by atoms with Gasteiger partial charge < -0.3 is 10.1 Å². The third-order valence-electron chi connectivity index (χ3n) is 3.19. The Morgan fingerprint density at radius 1 is 1.39 bits per heavy atom. The number of nitrogens with one attached hydrogen (secondary N) is 1. The number of likely N-dealkylation sites (N-methyl/N-ethyl adjacent to an activating group) is 1. The second kappa shape index (κ2) is 8.25. The Morgan fingerprint density at radius 2 is 2.17 bits per heavy atom. The highest BCUT2D eigenvalue weighted by Crippen LogP contribution is 2.08. The van der Waals surface area contributed by atoms with Crippen LogP contribution in [0.2, 0.25) is 0 Å². The van der Waals surface area contributed by atoms with Crippen LogP contribution in [0.25, 0.3) is 0 Å². The molecule has 3 nitrogen and oxygen atoms in total. The fourth-order valence-electron chi connectivity index (χ4n) is 1.90. The van der Waals surface area contributed by atoms with Crippen molar-refractivity contribution in [1.29, 1.82) is 0 Å². The second-order valence-electron chi connectivity index (χ2n) is 4.95. The van der Waals surface area contributed by atoms with Gasteiger partial charge >= 0.3 is 0 Å². The molecule has 0 aromatic heterocycles. The molecule has 0 saturated heterocycles. The highest BCUT2D eigenvalue weighted by atomic mass is 16.5. The number of ether oxygens (including phenoxy) is 1. The van der Waals surface area contributed by atoms with E-state index in [4.69, 9.17) is 4.74 Å². The van der Waals surface area contributed by atoms with E-state index in [-0.39, 0.29) is 0 Å². The third kappa shape index (κ3) is 5.63. The first-order valence-corrected chi connectivity index (χ1v) is 6.59. The Balaban J connectivity index is 2.33. The van der Waals surface area contributed by atoms with Crippen LogP contribution in [0.3, 0.4) is 0 Å². The van der Waals surface area contributed by atoms with Crippen molar-refractivity contribution in [3.8, 4) is 0 Å². The van der Waals surface area contributed by atoms with E-state index in [0.29, 0.717) is 6.04 Å². The van der Waals surface area contributed by atoms with Gasteiger partial charge in [-0.05, 0) is 26.5 Å². The number of rotatable bonds is 8. The van der Waals surface area contributed by atoms with Crippen molar-refractivity contribution in [3.05, 3.63) is 35.4 Å². The first-order chi connectivity index (χ1) is 8.63. The number of hydrogen-bond donors (Lipinski definition) is 1. The molecule has 1 rings (SSSR count). The van der Waals surface area contributed by atoms with Crippen LogP contribution in [0.15, 0.2) is 24.3 Å². The van der Waals surface area contributed by atoms with Crippen LogP contribution in [-0.4, -0.2) is 44.8 Å². The van der Waals surface area contributed by atoms with Crippen LogP contribution in [-0.2, 0) is 11.3 Å². The summed E-state index contributed by atoms with van der Waals surface area (Å²) in [6.07, 6.45) is 0. The second-order valence-corrected chi connectivity index (χ2v) is 4.95. The molecular formula is C15H26N2O. The summed E-state index contributed by atoms with van der Waals surface area (Å²) < 4.78 is 5.02. The van der Waals surface area contributed by atoms with Crippen LogP contribution in [0.4, 0.5) is 0 Å². The number of benzene rings is 1. The summed E-state index contributed by atoms with van der Waals surface area (Å²) in [5.41, 5.74) is 2.70. The molecule has 1 unspecified atom stereocenters. The fourth-order valence-corrected chi connectivity index (χ4v) is 1.90. The Labute approximate surface area is 111 Å². The highest BCUT2D eigenvalue weighted by molar-refractivity contribution is 5.22. The van der Waals surface area contributed by atoms with Gasteiger partial charge in [0.15, 0.2) is 0 Å². The van der Waals surface area contributed by atoms with Gasteiger partial charge in [-0.15, -0.1) is 0 Å². The largest absolute Gasteiger partial charge is 0.383 e. The lowest BCUT2D eigenvalue weighted by atomic mass is 10.1. The molecule has 0 aliphatic rings. The number of hydrogen-bond acceptors (Lipinski definition) is 3. The zero-order valence-electron chi connectivity index (χ0n) is 12.1. The van der Waals surface area contributed by atoms with Crippen molar-refractivity contribution in [2.24, 2.45) is 0 Å². The van der Waals surface area contributed by atoms with Gasteiger partial charge in [-0.25, -0.2) is 0 Å². The predicted octanol–water partition coefficient (Wildman–Crippen LogP) is 2.05. The van der Waals surface area contributed by atoms with E-state index in [1.807, 2.05) is 0 Å². The average molecular weight is 250 g/mol. The molecule has 1 N–H and O–H groups in total. The molecule has 3 heteroatoms. The Bertz CT molecular complexity index is 341. The van der Waals surface area contributed by atoms with Crippen molar-refractivity contribution in [3.63, 3.8) is 0 Å². The van der Waals surface area contributed by atoms with Gasteiger partial charge in [0, 0.05) is 32.8 Å². The number of nitrogens with zero attached hydrogens (tertiary/aromatic N) is 1. The van der Waals surface area contributed by atoms with Crippen molar-refractivity contribution in [2.45, 2.75) is 26.4 Å². The Morgan fingerprint density at radius 3 is 2.83 bits per heavy atom. The topological polar surface area (TPSA) is 24.5 Å². The molecule has 1 atom stereocenters. The summed E-state index contributed by atoms with van der Waals surface area (Å²) in [5, 5.41) is 3.40. The minimum atomic E-state index is 0.516. The lowest BCUT2D eigenvalue weighted by Gasteiger charge is -2.25. The van der Waals surface area contributed by atoms with Crippen LogP contribution in [0.1, 0.15) is 18.1 Å². The standard InChI is InChI=1S/C15H26N2O/c1-13-6-5-7-15(10-13)12-17(3)14(2)11-16-8-9-18-4/h5-7,10,14,16H,8-9,11-12H2,1-4H3. The van der Waals surface area contributed by atoms with Gasteiger partial charge in [0.1, 0.15) is 0 Å². The van der Waals surface area contributed by atoms with E-state index in [2.05, 4.69) is 55.4 Å². The van der Waals surface area contributed by atoms with Gasteiger partial charge in [-0.3, -0.25) is 4.90 Å². The third-order valence-corrected chi connectivity index (χ3v) is 3.19. The SMILES string of the molecule is COCCNCC(C)N(C)Cc1cccc(C)c1. The van der Waals surface area contributed by atoms with Gasteiger partial charge in [0.2, 0.25) is 0 Å². The van der Waals surface area contributed by atoms with Crippen LogP contribution >= 0.6 is 0 Å². The van der Waals surface area contributed by atoms with Gasteiger partial charge in [0.25, 0.3) is 0 Å². The summed E-state index contributed by atoms with van der Waals surface area (Å²) >= 11 is 0. The zero-order chi connectivity index (χ0) is 13.4. The molecule has 0 aliphatic heterocycles. The Hall–Kier alpha value is -0.900. The molecule has 0 radical (unpaired) electrons. The molecule has 0 fully saturated rings. The van der Waals surface area contributed by atoms with Crippen molar-refractivity contribution in [1.82, 2.24) is 10.2 Å². The van der Waals surface area contributed by atoms with Crippen molar-refractivity contribution >= 4 is 0 Å². The predicted molar refractivity (Wildman–Crippen MR) is 76.9 cm³/mol. The molecule has 1 aromatic rings. The lowest BCUT2D eigenvalue weighted by Crippen LogP contribution is -2.38. The van der Waals surface area contributed by atoms with Crippen LogP contribution in [0, 0.1) is 6.92 Å². The van der Waals surface area contributed by atoms with E-state index < -0.39 is 0 Å². The summed E-state index contributed by atoms with van der Waals surface area (Å²) in [7, 11) is 3.90. The fraction of sp³-hybridized carbons (Fsp3) is 0.600. The maximum atomic E-state index is 5.02. The van der Waals surface area contributed by atoms with E-state index in [0.717, 1.165) is 26.2 Å². The molecule has 102 valence electrons. The monoisotopic (exact) mass is 250 g/mol. The number of aryl methyl sites for hydroxylation is 1. The minimum absolute atomic E-state index is 0.516. The molecule has 0 heterocycles. The number of methoxy groups -OCH3 is 1. The molecule has 1 aromatic carbocycles. The van der Waals surface area contributed by atoms with Gasteiger partial charge in [-0.1, -0.05) is 29.8 Å². The van der Waals surface area contributed by atoms with Crippen LogP contribution in [0.5, 0.6) is 0 Å². The van der Waals surface area contributed by atoms with Crippen LogP contribution < -0.4 is 5.32 Å².